The first-order chi connectivity index (χ1) is 27.5. The summed E-state index contributed by atoms with van der Waals surface area (Å²) in [6, 6.07) is 2.88. The fraction of sp³-hybridized carbons (Fsp3) is 0.978. The van der Waals surface area contributed by atoms with Gasteiger partial charge >= 0.3 is 0 Å². The molecule has 59 heavy (non-hydrogen) atoms. The van der Waals surface area contributed by atoms with Crippen molar-refractivity contribution in [2.45, 2.75) is 182 Å². The second-order valence-electron chi connectivity index (χ2n) is 20.3. The molecule has 0 aromatic carbocycles. The third kappa shape index (κ3) is 15.9. The van der Waals surface area contributed by atoms with E-state index >= 15 is 0 Å². The summed E-state index contributed by atoms with van der Waals surface area (Å²) in [5.74, 6) is 0.288. The summed E-state index contributed by atoms with van der Waals surface area (Å²) in [4.78, 5) is 23.5. The number of aliphatic hydroxyl groups is 1. The molecule has 2 N–H and O–H groups in total. The van der Waals surface area contributed by atoms with Crippen LogP contribution < -0.4 is 5.32 Å². The molecule has 0 radical (unpaired) electrons. The topological polar surface area (TPSA) is 102 Å². The molecule has 0 bridgehead atoms. The number of hydrogen-bond donors (Lipinski definition) is 2. The summed E-state index contributed by atoms with van der Waals surface area (Å²) in [7, 11) is 7.02. The molecule has 1 spiro atoms. The Balaban J connectivity index is 0.000000256. The number of rotatable bonds is 9. The van der Waals surface area contributed by atoms with E-state index in [9.17, 15) is 9.18 Å². The Hall–Kier alpha value is -1.00. The largest absolute Gasteiger partial charge is 0.392 e. The first kappa shape index (κ1) is 54.1. The van der Waals surface area contributed by atoms with Crippen LogP contribution in [0, 0.1) is 10.8 Å². The molecule has 6 rings (SSSR count). The molecule has 6 aliphatic heterocycles. The van der Waals surface area contributed by atoms with Crippen LogP contribution in [0.2, 0.25) is 0 Å². The highest BCUT2D eigenvalue weighted by Crippen LogP contribution is 2.38. The molecule has 13 heteroatoms. The monoisotopic (exact) mass is 845 g/mol. The van der Waals surface area contributed by atoms with Gasteiger partial charge in [-0.3, -0.25) is 24.4 Å². The van der Waals surface area contributed by atoms with E-state index in [1.54, 1.807) is 28.4 Å². The minimum Gasteiger partial charge on any atom is -0.392 e. The van der Waals surface area contributed by atoms with Crippen LogP contribution in [0.4, 0.5) is 4.39 Å². The van der Waals surface area contributed by atoms with Gasteiger partial charge in [0.05, 0.1) is 29.8 Å². The highest BCUT2D eigenvalue weighted by molar-refractivity contribution is 5.85. The van der Waals surface area contributed by atoms with E-state index in [0.29, 0.717) is 36.6 Å². The van der Waals surface area contributed by atoms with Gasteiger partial charge in [0.1, 0.15) is 11.8 Å². The lowest BCUT2D eigenvalue weighted by molar-refractivity contribution is -0.127. The van der Waals surface area contributed by atoms with Crippen LogP contribution in [-0.4, -0.2) is 202 Å². The first-order valence-electron chi connectivity index (χ1n) is 22.9. The standard InChI is InChI=1S/C10H20FN.C10H18N2O.C10H21NO2.C9H19NO2.C7H15NO/c1-8(2)12-6-5-9(11)10(3,4)7-12;1-8(2)12-6-4-10(7-12)3-5-11-9(10)13;1-8(2)11-6-9(12-4)10(3,7-11)13-5;1-7(2)10-5-8(11-3)9(6-10)12-4;1-6(2)8-4-3-7(9)5-8/h8-9H,5-7H2,1-4H3;8H,3-7H2,1-2H3,(H,11,13);8-9H,6-7H2,1-5H3;7-9H,5-6H2,1-4H3;6-7,9H,3-5H2,1-2H3/t;;9-,10+;8-,9+;7-/m..0.1/s1. The molecular weight excluding hydrogens is 752 g/mol. The number of amides is 1. The highest BCUT2D eigenvalue weighted by atomic mass is 19.1. The van der Waals surface area contributed by atoms with Crippen molar-refractivity contribution >= 4 is 5.91 Å². The Labute approximate surface area is 361 Å². The molecule has 2 unspecified atom stereocenters. The van der Waals surface area contributed by atoms with Gasteiger partial charge in [0.15, 0.2) is 0 Å². The smallest absolute Gasteiger partial charge is 0.227 e. The minimum atomic E-state index is -0.618. The molecule has 0 saturated carbocycles. The average molecular weight is 845 g/mol. The zero-order valence-corrected chi connectivity index (χ0v) is 41.0. The van der Waals surface area contributed by atoms with Crippen LogP contribution in [0.5, 0.6) is 0 Å². The number of methoxy groups -OCH3 is 4. The molecule has 350 valence electrons. The van der Waals surface area contributed by atoms with Crippen LogP contribution in [0.3, 0.4) is 0 Å². The maximum atomic E-state index is 13.4. The number of likely N-dealkylation sites (tertiary alicyclic amines) is 5. The van der Waals surface area contributed by atoms with Crippen LogP contribution in [0.1, 0.15) is 116 Å². The Morgan fingerprint density at radius 1 is 0.627 bits per heavy atom. The van der Waals surface area contributed by atoms with E-state index in [4.69, 9.17) is 24.1 Å². The van der Waals surface area contributed by atoms with Crippen molar-refractivity contribution in [2.24, 2.45) is 10.8 Å². The second kappa shape index (κ2) is 24.7. The van der Waals surface area contributed by atoms with Crippen molar-refractivity contribution in [3.05, 3.63) is 0 Å². The van der Waals surface area contributed by atoms with E-state index in [1.807, 2.05) is 13.8 Å². The fourth-order valence-corrected chi connectivity index (χ4v) is 9.04. The number of nitrogens with zero attached hydrogens (tertiary/aromatic N) is 5. The Morgan fingerprint density at radius 2 is 1.14 bits per heavy atom. The van der Waals surface area contributed by atoms with Crippen LogP contribution in [0.25, 0.3) is 0 Å². The lowest BCUT2D eigenvalue weighted by Gasteiger charge is -2.42. The van der Waals surface area contributed by atoms with E-state index in [0.717, 1.165) is 91.3 Å². The van der Waals surface area contributed by atoms with Gasteiger partial charge in [-0.15, -0.1) is 0 Å². The van der Waals surface area contributed by atoms with Gasteiger partial charge in [-0.2, -0.15) is 0 Å². The molecular formula is C46H93FN6O6. The number of nitrogens with one attached hydrogen (secondary N) is 1. The summed E-state index contributed by atoms with van der Waals surface area (Å²) in [5, 5.41) is 12.1. The van der Waals surface area contributed by atoms with Gasteiger partial charge in [0.2, 0.25) is 5.91 Å². The zero-order chi connectivity index (χ0) is 44.9. The molecule has 6 heterocycles. The number of halogens is 1. The average Bonchev–Trinajstić information content (AvgIpc) is 4.02. The number of alkyl halides is 1. The van der Waals surface area contributed by atoms with E-state index in [1.165, 1.54) is 0 Å². The van der Waals surface area contributed by atoms with Crippen LogP contribution in [-0.2, 0) is 23.7 Å². The van der Waals surface area contributed by atoms with Gasteiger partial charge in [0, 0.05) is 130 Å². The molecule has 0 aliphatic carbocycles. The lowest BCUT2D eigenvalue weighted by atomic mass is 9.82. The Morgan fingerprint density at radius 3 is 1.47 bits per heavy atom. The number of ether oxygens (including phenoxy) is 4. The summed E-state index contributed by atoms with van der Waals surface area (Å²) < 4.78 is 35.0. The van der Waals surface area contributed by atoms with Crippen LogP contribution in [0.15, 0.2) is 0 Å². The van der Waals surface area contributed by atoms with E-state index in [-0.39, 0.29) is 46.8 Å². The maximum Gasteiger partial charge on any atom is 0.227 e. The SMILES string of the molecule is CC(C)N1CCC(F)C(C)(C)C1.CC(C)N1CCC2(CCNC2=O)C1.CC(C)N1CC[C@@H](O)C1.CO[C@H]1CN(C(C)C)C[C@@]1(C)OC.CO[C@H]1CN(C(C)C)C[C@H]1OC. The van der Waals surface area contributed by atoms with Crippen molar-refractivity contribution in [3.63, 3.8) is 0 Å². The molecule has 0 aromatic heterocycles. The summed E-state index contributed by atoms with van der Waals surface area (Å²) in [6.07, 6.45) is 3.75. The van der Waals surface area contributed by atoms with Crippen molar-refractivity contribution in [3.8, 4) is 0 Å². The van der Waals surface area contributed by atoms with Gasteiger partial charge in [-0.1, -0.05) is 13.8 Å². The van der Waals surface area contributed by atoms with Crippen molar-refractivity contribution in [2.75, 3.05) is 100 Å². The van der Waals surface area contributed by atoms with Crippen molar-refractivity contribution in [1.29, 1.82) is 0 Å². The third-order valence-electron chi connectivity index (χ3n) is 13.9. The lowest BCUT2D eigenvalue weighted by Crippen LogP contribution is -2.49. The number of carbonyl (C=O) groups excluding carboxylic acids is 1. The number of β-amino-alcohol motifs (C(OH)–C–C–N with tert-alkyl or cyclic N) is 1. The van der Waals surface area contributed by atoms with Crippen molar-refractivity contribution in [1.82, 2.24) is 29.8 Å². The number of carbonyl (C=O) groups is 1. The summed E-state index contributed by atoms with van der Waals surface area (Å²) in [5.41, 5.74) is -0.314. The Bertz CT molecular complexity index is 1180. The van der Waals surface area contributed by atoms with Gasteiger partial charge in [-0.05, 0) is 108 Å². The molecule has 0 aromatic rings. The quantitative estimate of drug-likeness (QED) is 0.312. The third-order valence-corrected chi connectivity index (χ3v) is 13.9. The molecule has 6 saturated heterocycles. The van der Waals surface area contributed by atoms with Gasteiger partial charge in [-0.25, -0.2) is 4.39 Å². The molecule has 12 nitrogen and oxygen atoms in total. The summed E-state index contributed by atoms with van der Waals surface area (Å²) in [6.45, 7) is 38.6. The molecule has 1 amide bonds. The summed E-state index contributed by atoms with van der Waals surface area (Å²) >= 11 is 0. The maximum absolute atomic E-state index is 13.4. The Kier molecular flexibility index (Phi) is 22.7. The second-order valence-corrected chi connectivity index (χ2v) is 20.3. The zero-order valence-electron chi connectivity index (χ0n) is 41.0. The normalized spacial score (nSPS) is 32.9. The molecule has 6 aliphatic rings. The van der Waals surface area contributed by atoms with Crippen molar-refractivity contribution < 1.29 is 33.2 Å². The molecule has 6 fully saturated rings. The number of piperidine rings is 1. The van der Waals surface area contributed by atoms with Crippen LogP contribution >= 0.6 is 0 Å². The predicted octanol–water partition coefficient (Wildman–Crippen LogP) is 5.40. The van der Waals surface area contributed by atoms with E-state index < -0.39 is 6.17 Å². The first-order valence-corrected chi connectivity index (χ1v) is 22.9. The highest BCUT2D eigenvalue weighted by Gasteiger charge is 2.48. The minimum absolute atomic E-state index is 0.0235. The number of aliphatic hydroxyl groups excluding tert-OH is 1. The number of hydrogen-bond acceptors (Lipinski definition) is 11. The molecule has 7 atom stereocenters. The van der Waals surface area contributed by atoms with E-state index in [2.05, 4.69) is 106 Å². The van der Waals surface area contributed by atoms with Gasteiger partial charge in [0.25, 0.3) is 0 Å². The predicted molar refractivity (Wildman–Crippen MR) is 240 cm³/mol. The fourth-order valence-electron chi connectivity index (χ4n) is 9.04. The van der Waals surface area contributed by atoms with Gasteiger partial charge < -0.3 is 34.3 Å².